The Kier molecular flexibility index (Phi) is 9.90. The number of nitrogens with zero attached hydrogens (tertiary/aromatic N) is 2. The number of aromatic amines is 1. The van der Waals surface area contributed by atoms with Gasteiger partial charge in [0.05, 0.1) is 12.2 Å². The van der Waals surface area contributed by atoms with Gasteiger partial charge in [-0.2, -0.15) is 13.2 Å². The number of anilines is 1. The molecule has 222 valence electrons. The summed E-state index contributed by atoms with van der Waals surface area (Å²) in [7, 11) is 1.51. The number of amides is 3. The lowest BCUT2D eigenvalue weighted by Crippen LogP contribution is -2.46. The van der Waals surface area contributed by atoms with Crippen molar-refractivity contribution in [3.8, 4) is 0 Å². The molecular formula is C32H35F3N4O3. The molecule has 7 nitrogen and oxygen atoms in total. The number of para-hydroxylation sites is 1. The van der Waals surface area contributed by atoms with Gasteiger partial charge in [0, 0.05) is 49.5 Å². The van der Waals surface area contributed by atoms with Crippen molar-refractivity contribution in [2.45, 2.75) is 33.0 Å². The van der Waals surface area contributed by atoms with Crippen molar-refractivity contribution in [3.63, 3.8) is 0 Å². The molecule has 0 bridgehead atoms. The first-order chi connectivity index (χ1) is 20.1. The summed E-state index contributed by atoms with van der Waals surface area (Å²) in [6.45, 7) is 4.43. The van der Waals surface area contributed by atoms with Gasteiger partial charge in [-0.3, -0.25) is 4.79 Å². The Morgan fingerprint density at radius 1 is 0.929 bits per heavy atom. The number of hydrogen-bond acceptors (Lipinski definition) is 3. The predicted octanol–water partition coefficient (Wildman–Crippen LogP) is 6.56. The van der Waals surface area contributed by atoms with E-state index in [9.17, 15) is 22.8 Å². The molecule has 1 heterocycles. The van der Waals surface area contributed by atoms with Crippen LogP contribution in [-0.2, 0) is 28.7 Å². The van der Waals surface area contributed by atoms with E-state index in [0.717, 1.165) is 39.7 Å². The van der Waals surface area contributed by atoms with Gasteiger partial charge in [0.1, 0.15) is 6.54 Å². The highest BCUT2D eigenvalue weighted by Gasteiger charge is 2.30. The fraction of sp³-hybridized carbons (Fsp3) is 0.312. The number of ether oxygens (including phenoxy) is 1. The molecule has 1 aromatic heterocycles. The van der Waals surface area contributed by atoms with Gasteiger partial charge in [-0.25, -0.2) is 4.79 Å². The number of benzene rings is 3. The van der Waals surface area contributed by atoms with Crippen LogP contribution in [-0.4, -0.2) is 60.1 Å². The zero-order chi connectivity index (χ0) is 30.3. The van der Waals surface area contributed by atoms with Crippen molar-refractivity contribution in [2.75, 3.05) is 38.7 Å². The number of aromatic nitrogens is 1. The minimum absolute atomic E-state index is 0.0933. The van der Waals surface area contributed by atoms with E-state index in [0.29, 0.717) is 24.2 Å². The number of carbonyl (C=O) groups is 2. The van der Waals surface area contributed by atoms with Crippen LogP contribution < -0.4 is 5.32 Å². The summed E-state index contributed by atoms with van der Waals surface area (Å²) in [5, 5.41) is 3.94. The number of halogens is 3. The van der Waals surface area contributed by atoms with E-state index in [-0.39, 0.29) is 32.1 Å². The molecule has 0 aliphatic heterocycles. The lowest BCUT2D eigenvalue weighted by Gasteiger charge is -2.28. The van der Waals surface area contributed by atoms with Crippen LogP contribution in [0.3, 0.4) is 0 Å². The molecule has 0 radical (unpaired) electrons. The van der Waals surface area contributed by atoms with Gasteiger partial charge < -0.3 is 24.8 Å². The number of methoxy groups -OCH3 is 1. The Balaban J connectivity index is 1.54. The summed E-state index contributed by atoms with van der Waals surface area (Å²) in [5.74, 6) is -0.332. The topological polar surface area (TPSA) is 77.7 Å². The Bertz CT molecular complexity index is 1520. The molecule has 0 saturated heterocycles. The second-order valence-corrected chi connectivity index (χ2v) is 10.2. The highest BCUT2D eigenvalue weighted by molar-refractivity contribution is 5.93. The predicted molar refractivity (Wildman–Crippen MR) is 157 cm³/mol. The van der Waals surface area contributed by atoms with Crippen LogP contribution in [0.2, 0.25) is 0 Å². The first kappa shape index (κ1) is 30.6. The quantitative estimate of drug-likeness (QED) is 0.211. The second-order valence-electron chi connectivity index (χ2n) is 10.2. The summed E-state index contributed by atoms with van der Waals surface area (Å²) in [5.41, 5.74) is 4.38. The number of fused-ring (bicyclic) bond motifs is 1. The average molecular weight is 581 g/mol. The molecule has 10 heteroatoms. The van der Waals surface area contributed by atoms with Crippen LogP contribution in [0.1, 0.15) is 27.8 Å². The molecular weight excluding hydrogens is 545 g/mol. The van der Waals surface area contributed by atoms with Crippen LogP contribution in [0.15, 0.2) is 72.9 Å². The Hall–Kier alpha value is -4.31. The molecule has 0 atom stereocenters. The fourth-order valence-electron chi connectivity index (χ4n) is 4.70. The van der Waals surface area contributed by atoms with Gasteiger partial charge in [0.2, 0.25) is 5.91 Å². The number of nitrogens with one attached hydrogen (secondary N) is 2. The number of hydrogen-bond donors (Lipinski definition) is 2. The summed E-state index contributed by atoms with van der Waals surface area (Å²) in [6.07, 6.45) is -2.04. The number of urea groups is 1. The average Bonchev–Trinajstić information content (AvgIpc) is 3.38. The summed E-state index contributed by atoms with van der Waals surface area (Å²) in [6, 6.07) is 17.8. The van der Waals surface area contributed by atoms with E-state index in [1.807, 2.05) is 56.4 Å². The molecule has 0 fully saturated rings. The molecule has 3 aromatic carbocycles. The maximum atomic E-state index is 13.7. The van der Waals surface area contributed by atoms with Crippen LogP contribution in [0.25, 0.3) is 10.9 Å². The van der Waals surface area contributed by atoms with E-state index >= 15 is 0 Å². The summed E-state index contributed by atoms with van der Waals surface area (Å²) in [4.78, 5) is 33.2. The molecule has 0 aliphatic carbocycles. The number of carbonyl (C=O) groups excluding carboxylic acids is 2. The van der Waals surface area contributed by atoms with Crippen LogP contribution >= 0.6 is 0 Å². The highest BCUT2D eigenvalue weighted by Crippen LogP contribution is 2.29. The van der Waals surface area contributed by atoms with E-state index in [2.05, 4.69) is 10.3 Å². The van der Waals surface area contributed by atoms with Gasteiger partial charge in [-0.05, 0) is 66.8 Å². The third kappa shape index (κ3) is 7.70. The third-order valence-corrected chi connectivity index (χ3v) is 7.36. The van der Waals surface area contributed by atoms with Crippen molar-refractivity contribution < 1.29 is 27.5 Å². The molecule has 0 aliphatic rings. The van der Waals surface area contributed by atoms with Crippen molar-refractivity contribution in [1.29, 1.82) is 0 Å². The maximum Gasteiger partial charge on any atom is 0.416 e. The smallest absolute Gasteiger partial charge is 0.383 e. The van der Waals surface area contributed by atoms with Crippen molar-refractivity contribution in [2.24, 2.45) is 0 Å². The zero-order valence-corrected chi connectivity index (χ0v) is 23.9. The minimum Gasteiger partial charge on any atom is -0.383 e. The summed E-state index contributed by atoms with van der Waals surface area (Å²) >= 11 is 0. The molecule has 4 aromatic rings. The first-order valence-electron chi connectivity index (χ1n) is 13.7. The third-order valence-electron chi connectivity index (χ3n) is 7.36. The molecule has 3 amide bonds. The normalized spacial score (nSPS) is 11.5. The van der Waals surface area contributed by atoms with Gasteiger partial charge in [-0.1, -0.05) is 42.5 Å². The Morgan fingerprint density at radius 2 is 1.67 bits per heavy atom. The fourth-order valence-corrected chi connectivity index (χ4v) is 4.70. The lowest BCUT2D eigenvalue weighted by atomic mass is 10.1. The van der Waals surface area contributed by atoms with Gasteiger partial charge in [0.15, 0.2) is 0 Å². The number of rotatable bonds is 11. The lowest BCUT2D eigenvalue weighted by molar-refractivity contribution is -0.137. The molecule has 42 heavy (non-hydrogen) atoms. The minimum atomic E-state index is -4.45. The van der Waals surface area contributed by atoms with E-state index < -0.39 is 17.8 Å². The van der Waals surface area contributed by atoms with Gasteiger partial charge >= 0.3 is 12.2 Å². The molecule has 0 saturated carbocycles. The summed E-state index contributed by atoms with van der Waals surface area (Å²) < 4.78 is 44.5. The van der Waals surface area contributed by atoms with Gasteiger partial charge in [0.25, 0.3) is 0 Å². The Morgan fingerprint density at radius 3 is 2.38 bits per heavy atom. The first-order valence-corrected chi connectivity index (χ1v) is 13.7. The number of aryl methyl sites for hydroxylation is 1. The van der Waals surface area contributed by atoms with E-state index in [1.165, 1.54) is 24.1 Å². The molecule has 0 unspecified atom stereocenters. The standard InChI is InChI=1S/C32H35F3N4O3/c1-22-7-6-10-28(23(22)2)37-31(41)39(17-18-42-3)21-30(40)38(20-24-11-13-26(14-12-24)32(33,34)35)16-15-25-19-36-29-9-5-4-8-27(25)29/h4-14,19,36H,15-18,20-21H2,1-3H3,(H,37,41). The van der Waals surface area contributed by atoms with Gasteiger partial charge in [-0.15, -0.1) is 0 Å². The monoisotopic (exact) mass is 580 g/mol. The number of alkyl halides is 3. The maximum absolute atomic E-state index is 13.7. The SMILES string of the molecule is COCCN(CC(=O)N(CCc1c[nH]c2ccccc12)Cc1ccc(C(F)(F)F)cc1)C(=O)Nc1cccc(C)c1C. The second kappa shape index (κ2) is 13.6. The molecule has 2 N–H and O–H groups in total. The number of H-pyrrole nitrogens is 1. The van der Waals surface area contributed by atoms with Crippen molar-refractivity contribution in [1.82, 2.24) is 14.8 Å². The van der Waals surface area contributed by atoms with Crippen LogP contribution in [0.5, 0.6) is 0 Å². The van der Waals surface area contributed by atoms with E-state index in [1.54, 1.807) is 11.0 Å². The van der Waals surface area contributed by atoms with Crippen molar-refractivity contribution >= 4 is 28.5 Å². The van der Waals surface area contributed by atoms with Crippen molar-refractivity contribution in [3.05, 3.63) is 101 Å². The molecule has 4 rings (SSSR count). The highest BCUT2D eigenvalue weighted by atomic mass is 19.4. The Labute approximate surface area is 243 Å². The van der Waals surface area contributed by atoms with E-state index in [4.69, 9.17) is 4.74 Å². The largest absolute Gasteiger partial charge is 0.416 e. The van der Waals surface area contributed by atoms with Crippen LogP contribution in [0.4, 0.5) is 23.7 Å². The van der Waals surface area contributed by atoms with Crippen LogP contribution in [0, 0.1) is 13.8 Å². The molecule has 0 spiro atoms. The zero-order valence-electron chi connectivity index (χ0n) is 23.9.